The Morgan fingerprint density at radius 1 is 1.54 bits per heavy atom. The average Bonchev–Trinajstić information content (AvgIpc) is 2.04. The molecule has 3 heteroatoms. The van der Waals surface area contributed by atoms with Crippen LogP contribution in [0.1, 0.15) is 12.5 Å². The zero-order chi connectivity index (χ0) is 9.68. The zero-order valence-corrected chi connectivity index (χ0v) is 7.67. The molecule has 0 fully saturated rings. The molecule has 0 bridgehead atoms. The second-order valence-corrected chi connectivity index (χ2v) is 2.92. The molecule has 0 aliphatic heterocycles. The molecule has 0 amide bonds. The van der Waals surface area contributed by atoms with Crippen molar-refractivity contribution in [2.75, 3.05) is 11.9 Å². The lowest BCUT2D eigenvalue weighted by atomic mass is 10.1. The molecule has 0 heterocycles. The van der Waals surface area contributed by atoms with Crippen molar-refractivity contribution < 1.29 is 5.11 Å². The van der Waals surface area contributed by atoms with Gasteiger partial charge in [-0.05, 0) is 31.0 Å². The van der Waals surface area contributed by atoms with Gasteiger partial charge >= 0.3 is 0 Å². The van der Waals surface area contributed by atoms with Gasteiger partial charge in [0.1, 0.15) is 0 Å². The lowest BCUT2D eigenvalue weighted by Crippen LogP contribution is -2.05. The minimum atomic E-state index is 0.160. The van der Waals surface area contributed by atoms with E-state index in [1.807, 2.05) is 24.3 Å². The summed E-state index contributed by atoms with van der Waals surface area (Å²) in [4.78, 5) is 0. The Morgan fingerprint density at radius 2 is 2.31 bits per heavy atom. The molecule has 70 valence electrons. The molecule has 0 atom stereocenters. The molecule has 3 nitrogen and oxygen atoms in total. The highest BCUT2D eigenvalue weighted by molar-refractivity contribution is 5.90. The minimum Gasteiger partial charge on any atom is -0.396 e. The van der Waals surface area contributed by atoms with Gasteiger partial charge in [0, 0.05) is 12.3 Å². The number of anilines is 1. The van der Waals surface area contributed by atoms with Gasteiger partial charge in [0.25, 0.3) is 0 Å². The van der Waals surface area contributed by atoms with Gasteiger partial charge in [-0.15, -0.1) is 0 Å². The molecular weight excluding hydrogens is 164 g/mol. The normalized spacial score (nSPS) is 9.69. The maximum absolute atomic E-state index is 8.73. The molecule has 0 aromatic heterocycles. The van der Waals surface area contributed by atoms with Crippen LogP contribution in [0.2, 0.25) is 0 Å². The molecule has 0 saturated carbocycles. The standard InChI is InChI=1S/C10H14N2O/c1-8(11)12-10-4-2-3-9(7-10)5-6-13/h2-4,7,13H,5-6H2,1H3,(H2,11,12). The fourth-order valence-corrected chi connectivity index (χ4v) is 1.15. The van der Waals surface area contributed by atoms with Crippen molar-refractivity contribution in [2.24, 2.45) is 0 Å². The van der Waals surface area contributed by atoms with Gasteiger partial charge < -0.3 is 10.4 Å². The summed E-state index contributed by atoms with van der Waals surface area (Å²) in [5, 5.41) is 18.9. The summed E-state index contributed by atoms with van der Waals surface area (Å²) < 4.78 is 0. The Bertz CT molecular complexity index is 297. The van der Waals surface area contributed by atoms with Gasteiger partial charge in [-0.1, -0.05) is 12.1 Å². The summed E-state index contributed by atoms with van der Waals surface area (Å²) in [6.07, 6.45) is 0.659. The van der Waals surface area contributed by atoms with Gasteiger partial charge in [-0.25, -0.2) is 0 Å². The molecule has 13 heavy (non-hydrogen) atoms. The Hall–Kier alpha value is -1.35. The average molecular weight is 178 g/mol. The fraction of sp³-hybridized carbons (Fsp3) is 0.300. The van der Waals surface area contributed by atoms with Crippen molar-refractivity contribution in [1.82, 2.24) is 0 Å². The SMILES string of the molecule is CC(=N)Nc1cccc(CCO)c1. The number of hydrogen-bond acceptors (Lipinski definition) is 2. The van der Waals surface area contributed by atoms with E-state index in [1.165, 1.54) is 0 Å². The second-order valence-electron chi connectivity index (χ2n) is 2.92. The van der Waals surface area contributed by atoms with Gasteiger partial charge in [-0.3, -0.25) is 5.41 Å². The highest BCUT2D eigenvalue weighted by Crippen LogP contribution is 2.10. The monoisotopic (exact) mass is 178 g/mol. The number of benzene rings is 1. The number of aliphatic hydroxyl groups is 1. The number of aliphatic hydroxyl groups excluding tert-OH is 1. The fourth-order valence-electron chi connectivity index (χ4n) is 1.15. The Labute approximate surface area is 77.9 Å². The molecule has 0 aliphatic carbocycles. The van der Waals surface area contributed by atoms with Crippen LogP contribution in [0.25, 0.3) is 0 Å². The smallest absolute Gasteiger partial charge is 0.0944 e. The van der Waals surface area contributed by atoms with E-state index in [4.69, 9.17) is 10.5 Å². The maximum atomic E-state index is 8.73. The Balaban J connectivity index is 2.73. The molecular formula is C10H14N2O. The van der Waals surface area contributed by atoms with Crippen molar-refractivity contribution in [3.63, 3.8) is 0 Å². The van der Waals surface area contributed by atoms with E-state index in [0.717, 1.165) is 11.3 Å². The van der Waals surface area contributed by atoms with Crippen molar-refractivity contribution in [3.05, 3.63) is 29.8 Å². The molecule has 0 radical (unpaired) electrons. The van der Waals surface area contributed by atoms with E-state index in [2.05, 4.69) is 5.32 Å². The van der Waals surface area contributed by atoms with Crippen molar-refractivity contribution >= 4 is 11.5 Å². The number of hydrogen-bond donors (Lipinski definition) is 3. The van der Waals surface area contributed by atoms with Crippen LogP contribution < -0.4 is 5.32 Å². The molecule has 0 aliphatic rings. The summed E-state index contributed by atoms with van der Waals surface area (Å²) in [5.41, 5.74) is 1.98. The number of amidine groups is 1. The highest BCUT2D eigenvalue weighted by Gasteiger charge is 1.95. The van der Waals surface area contributed by atoms with Crippen molar-refractivity contribution in [2.45, 2.75) is 13.3 Å². The largest absolute Gasteiger partial charge is 0.396 e. The third-order valence-electron chi connectivity index (χ3n) is 1.66. The summed E-state index contributed by atoms with van der Waals surface area (Å²) >= 11 is 0. The van der Waals surface area contributed by atoms with Crippen molar-refractivity contribution in [1.29, 1.82) is 5.41 Å². The van der Waals surface area contributed by atoms with E-state index in [1.54, 1.807) is 6.92 Å². The summed E-state index contributed by atoms with van der Waals surface area (Å²) in [6, 6.07) is 7.71. The minimum absolute atomic E-state index is 0.160. The molecule has 3 N–H and O–H groups in total. The zero-order valence-electron chi connectivity index (χ0n) is 7.67. The van der Waals surface area contributed by atoms with Crippen LogP contribution >= 0.6 is 0 Å². The predicted molar refractivity (Wildman–Crippen MR) is 54.3 cm³/mol. The first-order chi connectivity index (χ1) is 6.22. The molecule has 0 saturated heterocycles. The van der Waals surface area contributed by atoms with Crippen LogP contribution in [-0.4, -0.2) is 17.5 Å². The van der Waals surface area contributed by atoms with E-state index in [-0.39, 0.29) is 6.61 Å². The van der Waals surface area contributed by atoms with Gasteiger partial charge in [0.05, 0.1) is 5.84 Å². The molecule has 0 unspecified atom stereocenters. The first-order valence-corrected chi connectivity index (χ1v) is 4.24. The lowest BCUT2D eigenvalue weighted by Gasteiger charge is -2.05. The number of nitrogens with one attached hydrogen (secondary N) is 2. The van der Waals surface area contributed by atoms with E-state index < -0.39 is 0 Å². The van der Waals surface area contributed by atoms with Gasteiger partial charge in [0.15, 0.2) is 0 Å². The topological polar surface area (TPSA) is 56.1 Å². The van der Waals surface area contributed by atoms with Gasteiger partial charge in [0.2, 0.25) is 0 Å². The summed E-state index contributed by atoms with van der Waals surface area (Å²) in [5.74, 6) is 0.418. The van der Waals surface area contributed by atoms with Crippen LogP contribution in [0, 0.1) is 5.41 Å². The van der Waals surface area contributed by atoms with Crippen LogP contribution in [0.15, 0.2) is 24.3 Å². The summed E-state index contributed by atoms with van der Waals surface area (Å²) in [6.45, 7) is 1.85. The van der Waals surface area contributed by atoms with Crippen LogP contribution in [-0.2, 0) is 6.42 Å². The number of rotatable bonds is 3. The Kier molecular flexibility index (Phi) is 3.46. The molecule has 1 aromatic rings. The lowest BCUT2D eigenvalue weighted by molar-refractivity contribution is 0.299. The predicted octanol–water partition coefficient (Wildman–Crippen LogP) is 1.63. The van der Waals surface area contributed by atoms with Crippen molar-refractivity contribution in [3.8, 4) is 0 Å². The second kappa shape index (κ2) is 4.62. The third-order valence-corrected chi connectivity index (χ3v) is 1.66. The Morgan fingerprint density at radius 3 is 2.92 bits per heavy atom. The third kappa shape index (κ3) is 3.25. The first kappa shape index (κ1) is 9.74. The first-order valence-electron chi connectivity index (χ1n) is 4.24. The van der Waals surface area contributed by atoms with E-state index in [0.29, 0.717) is 12.3 Å². The van der Waals surface area contributed by atoms with Crippen LogP contribution in [0.3, 0.4) is 0 Å². The highest BCUT2D eigenvalue weighted by atomic mass is 16.2. The molecule has 1 aromatic carbocycles. The molecule has 1 rings (SSSR count). The molecule has 0 spiro atoms. The quantitative estimate of drug-likeness (QED) is 0.486. The van der Waals surface area contributed by atoms with E-state index >= 15 is 0 Å². The maximum Gasteiger partial charge on any atom is 0.0944 e. The van der Waals surface area contributed by atoms with E-state index in [9.17, 15) is 0 Å². The van der Waals surface area contributed by atoms with Crippen LogP contribution in [0.4, 0.5) is 5.69 Å². The van der Waals surface area contributed by atoms with Crippen LogP contribution in [0.5, 0.6) is 0 Å². The summed E-state index contributed by atoms with van der Waals surface area (Å²) in [7, 11) is 0. The van der Waals surface area contributed by atoms with Gasteiger partial charge in [-0.2, -0.15) is 0 Å².